The number of aliphatic hydroxyl groups excluding tert-OH is 1. The van der Waals surface area contributed by atoms with Crippen molar-refractivity contribution in [2.45, 2.75) is 47.1 Å². The monoisotopic (exact) mass is 234 g/mol. The molecule has 0 bridgehead atoms. The normalized spacial score (nSPS) is 13.1. The molecule has 1 atom stereocenters. The summed E-state index contributed by atoms with van der Waals surface area (Å²) in [4.78, 5) is 0. The molecule has 94 valence electrons. The van der Waals surface area contributed by atoms with Crippen LogP contribution in [0.1, 0.15) is 50.2 Å². The molecule has 0 saturated heterocycles. The van der Waals surface area contributed by atoms with Crippen LogP contribution in [0, 0.1) is 31.1 Å². The first-order valence-corrected chi connectivity index (χ1v) is 5.90. The van der Waals surface area contributed by atoms with Crippen LogP contribution in [0.3, 0.4) is 0 Å². The van der Waals surface area contributed by atoms with Gasteiger partial charge in [-0.3, -0.25) is 4.68 Å². The molecule has 1 N–H and O–H groups in total. The lowest BCUT2D eigenvalue weighted by Gasteiger charge is -2.10. The summed E-state index contributed by atoms with van der Waals surface area (Å²) in [5.74, 6) is 6.18. The second-order valence-electron chi connectivity index (χ2n) is 5.48. The molecule has 0 aromatic carbocycles. The number of nitrogens with zero attached hydrogens (tertiary/aromatic N) is 2. The number of aromatic nitrogens is 2. The van der Waals surface area contributed by atoms with E-state index in [4.69, 9.17) is 0 Å². The van der Waals surface area contributed by atoms with Crippen molar-refractivity contribution in [1.29, 1.82) is 0 Å². The van der Waals surface area contributed by atoms with Crippen LogP contribution >= 0.6 is 0 Å². The van der Waals surface area contributed by atoms with Gasteiger partial charge in [0.25, 0.3) is 0 Å². The van der Waals surface area contributed by atoms with Crippen molar-refractivity contribution in [2.24, 2.45) is 12.5 Å². The number of aryl methyl sites for hydroxylation is 2. The van der Waals surface area contributed by atoms with Gasteiger partial charge in [0.1, 0.15) is 0 Å². The van der Waals surface area contributed by atoms with E-state index in [9.17, 15) is 5.11 Å². The van der Waals surface area contributed by atoms with Gasteiger partial charge in [0.2, 0.25) is 0 Å². The van der Waals surface area contributed by atoms with Gasteiger partial charge in [0.05, 0.1) is 11.8 Å². The lowest BCUT2D eigenvalue weighted by molar-refractivity contribution is 0.182. The predicted octanol–water partition coefficient (Wildman–Crippen LogP) is 2.51. The van der Waals surface area contributed by atoms with Gasteiger partial charge < -0.3 is 5.11 Å². The second kappa shape index (κ2) is 4.93. The molecule has 0 aliphatic carbocycles. The summed E-state index contributed by atoms with van der Waals surface area (Å²) in [6.45, 7) is 10.1. The van der Waals surface area contributed by atoms with Crippen molar-refractivity contribution in [2.75, 3.05) is 0 Å². The molecular weight excluding hydrogens is 212 g/mol. The van der Waals surface area contributed by atoms with Crippen LogP contribution in [-0.2, 0) is 7.05 Å². The van der Waals surface area contributed by atoms with Crippen molar-refractivity contribution >= 4 is 0 Å². The Labute approximate surface area is 104 Å². The maximum absolute atomic E-state index is 10.1. The topological polar surface area (TPSA) is 38.0 Å². The first-order valence-electron chi connectivity index (χ1n) is 5.90. The van der Waals surface area contributed by atoms with Gasteiger partial charge in [-0.2, -0.15) is 5.10 Å². The molecule has 0 spiro atoms. The summed E-state index contributed by atoms with van der Waals surface area (Å²) in [7, 11) is 1.89. The quantitative estimate of drug-likeness (QED) is 0.798. The van der Waals surface area contributed by atoms with Crippen LogP contribution in [0.4, 0.5) is 0 Å². The minimum absolute atomic E-state index is 0.0151. The molecule has 17 heavy (non-hydrogen) atoms. The van der Waals surface area contributed by atoms with Crippen molar-refractivity contribution in [1.82, 2.24) is 9.78 Å². The first kappa shape index (κ1) is 13.8. The van der Waals surface area contributed by atoms with E-state index < -0.39 is 6.10 Å². The fourth-order valence-corrected chi connectivity index (χ4v) is 1.79. The number of aliphatic hydroxyl groups is 1. The minimum atomic E-state index is -0.543. The maximum Gasteiger partial charge on any atom is 0.0934 e. The SMILES string of the molecule is Cc1nn(C)c(C)c1C(O)CC#CC(C)(C)C. The van der Waals surface area contributed by atoms with Crippen molar-refractivity contribution in [3.8, 4) is 11.8 Å². The highest BCUT2D eigenvalue weighted by molar-refractivity contribution is 5.28. The highest BCUT2D eigenvalue weighted by Crippen LogP contribution is 2.23. The van der Waals surface area contributed by atoms with E-state index in [2.05, 4.69) is 37.7 Å². The second-order valence-corrected chi connectivity index (χ2v) is 5.48. The molecule has 0 amide bonds. The average molecular weight is 234 g/mol. The zero-order chi connectivity index (χ0) is 13.2. The molecule has 0 aliphatic heterocycles. The van der Waals surface area contributed by atoms with Crippen molar-refractivity contribution in [3.05, 3.63) is 17.0 Å². The Balaban J connectivity index is 2.83. The molecule has 1 unspecified atom stereocenters. The summed E-state index contributed by atoms with van der Waals surface area (Å²) < 4.78 is 1.80. The predicted molar refractivity (Wildman–Crippen MR) is 69.5 cm³/mol. The molecule has 1 aromatic heterocycles. The number of rotatable bonds is 2. The lowest BCUT2D eigenvalue weighted by atomic mass is 9.97. The molecule has 1 rings (SSSR count). The van der Waals surface area contributed by atoms with Gasteiger partial charge in [-0.15, -0.1) is 0 Å². The molecule has 3 nitrogen and oxygen atoms in total. The average Bonchev–Trinajstić information content (AvgIpc) is 2.38. The fraction of sp³-hybridized carbons (Fsp3) is 0.643. The highest BCUT2D eigenvalue weighted by Gasteiger charge is 2.17. The van der Waals surface area contributed by atoms with Gasteiger partial charge in [0.15, 0.2) is 0 Å². The van der Waals surface area contributed by atoms with E-state index in [1.165, 1.54) is 0 Å². The third-order valence-corrected chi connectivity index (χ3v) is 2.66. The summed E-state index contributed by atoms with van der Waals surface area (Å²) >= 11 is 0. The lowest BCUT2D eigenvalue weighted by Crippen LogP contribution is -2.02. The molecule has 1 heterocycles. The zero-order valence-corrected chi connectivity index (χ0v) is 11.6. The zero-order valence-electron chi connectivity index (χ0n) is 11.6. The molecule has 0 aliphatic rings. The third-order valence-electron chi connectivity index (χ3n) is 2.66. The Morgan fingerprint density at radius 3 is 2.35 bits per heavy atom. The molecule has 1 aromatic rings. The summed E-state index contributed by atoms with van der Waals surface area (Å²) in [6.07, 6.45) is -0.0801. The third kappa shape index (κ3) is 3.61. The van der Waals surface area contributed by atoms with Crippen LogP contribution in [0.5, 0.6) is 0 Å². The van der Waals surface area contributed by atoms with E-state index in [1.54, 1.807) is 4.68 Å². The van der Waals surface area contributed by atoms with Crippen LogP contribution in [-0.4, -0.2) is 14.9 Å². The van der Waals surface area contributed by atoms with Crippen LogP contribution in [0.15, 0.2) is 0 Å². The van der Waals surface area contributed by atoms with E-state index in [-0.39, 0.29) is 5.41 Å². The Bertz CT molecular complexity index is 455. The summed E-state index contributed by atoms with van der Waals surface area (Å²) in [5.41, 5.74) is 2.79. The van der Waals surface area contributed by atoms with E-state index in [0.717, 1.165) is 17.0 Å². The van der Waals surface area contributed by atoms with Crippen LogP contribution in [0.2, 0.25) is 0 Å². The maximum atomic E-state index is 10.1. The number of hydrogen-bond acceptors (Lipinski definition) is 2. The Morgan fingerprint density at radius 2 is 1.94 bits per heavy atom. The van der Waals surface area contributed by atoms with E-state index in [1.807, 2.05) is 20.9 Å². The van der Waals surface area contributed by atoms with Gasteiger partial charge in [-0.1, -0.05) is 11.8 Å². The van der Waals surface area contributed by atoms with Gasteiger partial charge in [0, 0.05) is 30.1 Å². The van der Waals surface area contributed by atoms with Crippen molar-refractivity contribution < 1.29 is 5.11 Å². The standard InChI is InChI=1S/C14H22N2O/c1-10-13(11(2)16(6)15-10)12(17)8-7-9-14(3,4)5/h12,17H,8H2,1-6H3. The van der Waals surface area contributed by atoms with Gasteiger partial charge >= 0.3 is 0 Å². The summed E-state index contributed by atoms with van der Waals surface area (Å²) in [6, 6.07) is 0. The molecule has 0 radical (unpaired) electrons. The van der Waals surface area contributed by atoms with E-state index >= 15 is 0 Å². The Morgan fingerprint density at radius 1 is 1.35 bits per heavy atom. The van der Waals surface area contributed by atoms with Gasteiger partial charge in [-0.05, 0) is 34.6 Å². The van der Waals surface area contributed by atoms with Crippen LogP contribution in [0.25, 0.3) is 0 Å². The van der Waals surface area contributed by atoms with E-state index in [0.29, 0.717) is 6.42 Å². The molecule has 0 fully saturated rings. The number of hydrogen-bond donors (Lipinski definition) is 1. The highest BCUT2D eigenvalue weighted by atomic mass is 16.3. The molecular formula is C14H22N2O. The smallest absolute Gasteiger partial charge is 0.0934 e. The summed E-state index contributed by atoms with van der Waals surface area (Å²) in [5, 5.41) is 14.4. The fourth-order valence-electron chi connectivity index (χ4n) is 1.79. The Hall–Kier alpha value is -1.27. The van der Waals surface area contributed by atoms with Crippen LogP contribution < -0.4 is 0 Å². The molecule has 0 saturated carbocycles. The van der Waals surface area contributed by atoms with Gasteiger partial charge in [-0.25, -0.2) is 0 Å². The van der Waals surface area contributed by atoms with Crippen molar-refractivity contribution in [3.63, 3.8) is 0 Å². The first-order chi connectivity index (χ1) is 7.72. The Kier molecular flexibility index (Phi) is 4.00. The molecule has 3 heteroatoms. The largest absolute Gasteiger partial charge is 0.387 e. The minimum Gasteiger partial charge on any atom is -0.387 e.